The number of hydrogen-bond acceptors (Lipinski definition) is 0. The van der Waals surface area contributed by atoms with E-state index in [1.54, 1.807) is 0 Å². The average Bonchev–Trinajstić information content (AvgIpc) is 3.24. The number of hydrogen-bond donors (Lipinski definition) is 0. The number of rotatable bonds is 3. The van der Waals surface area contributed by atoms with Crippen molar-refractivity contribution in [3.05, 3.63) is 144 Å². The summed E-state index contributed by atoms with van der Waals surface area (Å²) in [6.07, 6.45) is 12.1. The molecule has 0 heteroatoms. The van der Waals surface area contributed by atoms with Crippen LogP contribution in [-0.2, 0) is 19.3 Å². The van der Waals surface area contributed by atoms with E-state index in [1.165, 1.54) is 60.8 Å². The van der Waals surface area contributed by atoms with Gasteiger partial charge in [-0.3, -0.25) is 0 Å². The summed E-state index contributed by atoms with van der Waals surface area (Å²) in [5.41, 5.74) is 5.55. The van der Waals surface area contributed by atoms with Gasteiger partial charge in [-0.2, -0.15) is 0 Å². The van der Waals surface area contributed by atoms with Crippen LogP contribution in [0.25, 0.3) is 0 Å². The maximum Gasteiger partial charge on any atom is -0.0307 e. The minimum atomic E-state index is 0. The summed E-state index contributed by atoms with van der Waals surface area (Å²) >= 11 is 0. The van der Waals surface area contributed by atoms with E-state index in [9.17, 15) is 0 Å². The minimum Gasteiger partial charge on any atom is -0.0776 e. The molecular weight excluding hydrogens is 637 g/mol. The Kier molecular flexibility index (Phi) is 86.0. The van der Waals surface area contributed by atoms with Crippen LogP contribution in [-0.4, -0.2) is 0 Å². The van der Waals surface area contributed by atoms with Gasteiger partial charge in [-0.1, -0.05) is 291 Å². The fourth-order valence-corrected chi connectivity index (χ4v) is 3.98. The Morgan fingerprint density at radius 3 is 0.698 bits per heavy atom. The van der Waals surface area contributed by atoms with Gasteiger partial charge in [-0.15, -0.1) is 0 Å². The molecule has 0 bridgehead atoms. The smallest absolute Gasteiger partial charge is 0.0307 e. The molecule has 0 radical (unpaired) electrons. The molecule has 1 saturated carbocycles. The lowest BCUT2D eigenvalue weighted by Crippen LogP contribution is -1.99. The number of aryl methyl sites for hydroxylation is 4. The zero-order valence-electron chi connectivity index (χ0n) is 37.5. The van der Waals surface area contributed by atoms with E-state index in [4.69, 9.17) is 0 Å². The molecule has 5 rings (SSSR count). The van der Waals surface area contributed by atoms with Gasteiger partial charge in [-0.25, -0.2) is 0 Å². The van der Waals surface area contributed by atoms with E-state index < -0.39 is 0 Å². The highest BCUT2D eigenvalue weighted by atomic mass is 14.1. The van der Waals surface area contributed by atoms with Crippen molar-refractivity contribution in [3.63, 3.8) is 0 Å². The predicted octanol–water partition coefficient (Wildman–Crippen LogP) is 19.1. The Morgan fingerprint density at radius 2 is 0.585 bits per heavy atom. The molecule has 1 fully saturated rings. The van der Waals surface area contributed by atoms with Gasteiger partial charge >= 0.3 is 0 Å². The summed E-state index contributed by atoms with van der Waals surface area (Å²) in [5, 5.41) is 0. The lowest BCUT2D eigenvalue weighted by molar-refractivity contribution is 0.385. The molecule has 0 aliphatic heterocycles. The minimum absolute atomic E-state index is 0. The molecule has 1 aliphatic carbocycles. The van der Waals surface area contributed by atoms with Crippen LogP contribution >= 0.6 is 0 Å². The van der Waals surface area contributed by atoms with Gasteiger partial charge in [0.25, 0.3) is 0 Å². The first kappa shape index (κ1) is 67.9. The van der Waals surface area contributed by atoms with E-state index in [2.05, 4.69) is 133 Å². The highest BCUT2D eigenvalue weighted by Gasteiger charge is 2.05. The molecule has 53 heavy (non-hydrogen) atoms. The van der Waals surface area contributed by atoms with Crippen molar-refractivity contribution < 1.29 is 0 Å². The largest absolute Gasteiger partial charge is 0.0776 e. The quantitative estimate of drug-likeness (QED) is 0.197. The van der Waals surface area contributed by atoms with Crippen molar-refractivity contribution in [3.8, 4) is 0 Å². The van der Waals surface area contributed by atoms with Crippen molar-refractivity contribution >= 4 is 0 Å². The fourth-order valence-electron chi connectivity index (χ4n) is 3.98. The molecule has 4 aromatic carbocycles. The lowest BCUT2D eigenvalue weighted by atomic mass is 9.91. The van der Waals surface area contributed by atoms with E-state index >= 15 is 0 Å². The Labute approximate surface area is 338 Å². The van der Waals surface area contributed by atoms with Crippen molar-refractivity contribution in [2.45, 2.75) is 190 Å². The van der Waals surface area contributed by atoms with Gasteiger partial charge < -0.3 is 0 Å². The third-order valence-corrected chi connectivity index (χ3v) is 6.59. The van der Waals surface area contributed by atoms with Gasteiger partial charge in [0, 0.05) is 0 Å². The SMILES string of the molecule is C.C.CC.CC.CC.CC.CC.CC1CCCCC1.CCC.CCc1ccccc1.CCc1ccccc1.CCc1ccccc1.Cc1ccccc1. The molecule has 1 aliphatic rings. The van der Waals surface area contributed by atoms with Crippen LogP contribution in [0.5, 0.6) is 0 Å². The van der Waals surface area contributed by atoms with Crippen LogP contribution in [0.1, 0.15) is 186 Å². The van der Waals surface area contributed by atoms with Gasteiger partial charge in [0.05, 0.1) is 0 Å². The first-order valence-electron chi connectivity index (χ1n) is 21.1. The summed E-state index contributed by atoms with van der Waals surface area (Å²) in [5.74, 6) is 1.04. The summed E-state index contributed by atoms with van der Waals surface area (Å²) in [7, 11) is 0. The molecule has 0 aromatic heterocycles. The molecule has 0 heterocycles. The zero-order valence-corrected chi connectivity index (χ0v) is 37.5. The van der Waals surface area contributed by atoms with Crippen LogP contribution in [0.15, 0.2) is 121 Å². The Balaban J connectivity index is -0.0000000732. The molecule has 0 atom stereocenters. The molecular formula is C53H98. The molecule has 0 amide bonds. The maximum absolute atomic E-state index is 2.36. The van der Waals surface area contributed by atoms with Crippen molar-refractivity contribution in [1.82, 2.24) is 0 Å². The van der Waals surface area contributed by atoms with Gasteiger partial charge in [0.2, 0.25) is 0 Å². The van der Waals surface area contributed by atoms with Crippen molar-refractivity contribution in [2.24, 2.45) is 5.92 Å². The molecule has 0 saturated heterocycles. The zero-order chi connectivity index (χ0) is 40.4. The van der Waals surface area contributed by atoms with Crippen molar-refractivity contribution in [2.75, 3.05) is 0 Å². The normalized spacial score (nSPS) is 9.53. The lowest BCUT2D eigenvalue weighted by Gasteiger charge is -2.15. The van der Waals surface area contributed by atoms with Crippen LogP contribution in [0.4, 0.5) is 0 Å². The maximum atomic E-state index is 2.36. The van der Waals surface area contributed by atoms with Crippen LogP contribution < -0.4 is 0 Å². The van der Waals surface area contributed by atoms with E-state index in [0.717, 1.165) is 25.2 Å². The standard InChI is InChI=1S/3C8H10.C7H14.C7H8.C3H8.5C2H6.2CH4/c3*1-2-8-6-4-3-5-7-8;2*1-7-5-3-2-4-6-7;1-3-2;5*1-2;;/h3*3-7H,2H2,1H3;7H,2-6H2,1H3;2-6H,1H3;3H2,1-2H3;5*1-2H3;2*1H4. The molecule has 0 nitrogen and oxygen atoms in total. The Bertz CT molecular complexity index is 907. The fraction of sp³-hybridized carbons (Fsp3) is 0.547. The molecule has 310 valence electrons. The topological polar surface area (TPSA) is 0 Å². The summed E-state index contributed by atoms with van der Waals surface area (Å²) in [4.78, 5) is 0. The average molecular weight is 735 g/mol. The first-order chi connectivity index (χ1) is 25.0. The van der Waals surface area contributed by atoms with E-state index in [0.29, 0.717) is 0 Å². The number of benzene rings is 4. The van der Waals surface area contributed by atoms with Crippen LogP contribution in [0, 0.1) is 12.8 Å². The predicted molar refractivity (Wildman–Crippen MR) is 257 cm³/mol. The second-order valence-electron chi connectivity index (χ2n) is 10.6. The second kappa shape index (κ2) is 67.1. The molecule has 0 unspecified atom stereocenters. The highest BCUT2D eigenvalue weighted by molar-refractivity contribution is 5.15. The van der Waals surface area contributed by atoms with E-state index in [-0.39, 0.29) is 14.9 Å². The van der Waals surface area contributed by atoms with Gasteiger partial charge in [-0.05, 0) is 48.8 Å². The third-order valence-electron chi connectivity index (χ3n) is 6.59. The Morgan fingerprint density at radius 1 is 0.377 bits per heavy atom. The first-order valence-corrected chi connectivity index (χ1v) is 21.1. The van der Waals surface area contributed by atoms with Crippen LogP contribution in [0.3, 0.4) is 0 Å². The Hall–Kier alpha value is -3.12. The van der Waals surface area contributed by atoms with Crippen molar-refractivity contribution in [1.29, 1.82) is 0 Å². The molecule has 4 aromatic rings. The summed E-state index contributed by atoms with van der Waals surface area (Å²) in [6.45, 7) is 35.2. The van der Waals surface area contributed by atoms with Gasteiger partial charge in [0.1, 0.15) is 0 Å². The molecule has 0 N–H and O–H groups in total. The van der Waals surface area contributed by atoms with E-state index in [1.807, 2.05) is 106 Å². The second-order valence-corrected chi connectivity index (χ2v) is 10.6. The van der Waals surface area contributed by atoms with Crippen LogP contribution in [0.2, 0.25) is 0 Å². The highest BCUT2D eigenvalue weighted by Crippen LogP contribution is 2.22. The molecule has 0 spiro atoms. The summed E-state index contributed by atoms with van der Waals surface area (Å²) in [6, 6.07) is 41.6. The summed E-state index contributed by atoms with van der Waals surface area (Å²) < 4.78 is 0. The monoisotopic (exact) mass is 735 g/mol. The third kappa shape index (κ3) is 58.4. The van der Waals surface area contributed by atoms with Gasteiger partial charge in [0.15, 0.2) is 0 Å².